The van der Waals surface area contributed by atoms with Crippen molar-refractivity contribution in [1.82, 2.24) is 0 Å². The van der Waals surface area contributed by atoms with E-state index in [4.69, 9.17) is 23.2 Å². The Kier molecular flexibility index (Phi) is 4.58. The highest BCUT2D eigenvalue weighted by atomic mass is 35.5. The van der Waals surface area contributed by atoms with E-state index in [1.54, 1.807) is 18.2 Å². The van der Waals surface area contributed by atoms with Gasteiger partial charge in [-0.25, -0.2) is 13.2 Å². The Hall–Kier alpha value is -1.23. The van der Waals surface area contributed by atoms with Crippen molar-refractivity contribution in [2.75, 3.05) is 0 Å². The fourth-order valence-corrected chi connectivity index (χ4v) is 2.29. The Morgan fingerprint density at radius 1 is 1.05 bits per heavy atom. The fraction of sp³-hybridized carbons (Fsp3) is 0.143. The molecule has 0 aromatic heterocycles. The van der Waals surface area contributed by atoms with Crippen molar-refractivity contribution in [2.24, 2.45) is 0 Å². The highest BCUT2D eigenvalue weighted by Crippen LogP contribution is 2.31. The molecule has 1 N–H and O–H groups in total. The Morgan fingerprint density at radius 3 is 2.25 bits per heavy atom. The predicted molar refractivity (Wildman–Crippen MR) is 71.4 cm³/mol. The maximum atomic E-state index is 13.5. The number of hydrogen-bond acceptors (Lipinski definition) is 1. The van der Waals surface area contributed by atoms with Gasteiger partial charge in [-0.1, -0.05) is 35.3 Å². The van der Waals surface area contributed by atoms with E-state index < -0.39 is 29.1 Å². The number of hydrogen-bond donors (Lipinski definition) is 1. The summed E-state index contributed by atoms with van der Waals surface area (Å²) in [6.07, 6.45) is -1.63. The van der Waals surface area contributed by atoms with Gasteiger partial charge in [0, 0.05) is 18.6 Å². The van der Waals surface area contributed by atoms with Crippen LogP contribution in [0, 0.1) is 17.5 Å². The second-order valence-corrected chi connectivity index (χ2v) is 5.00. The largest absolute Gasteiger partial charge is 0.388 e. The van der Waals surface area contributed by atoms with Gasteiger partial charge in [-0.15, -0.1) is 0 Å². The first-order chi connectivity index (χ1) is 9.40. The molecule has 0 fully saturated rings. The monoisotopic (exact) mass is 320 g/mol. The third kappa shape index (κ3) is 3.08. The average molecular weight is 321 g/mol. The van der Waals surface area contributed by atoms with Crippen LogP contribution in [0.3, 0.4) is 0 Å². The Bertz CT molecular complexity index is 623. The SMILES string of the molecule is OC(Cc1cccc(Cl)c1Cl)c1c(F)cc(F)cc1F. The molecule has 0 saturated heterocycles. The van der Waals surface area contributed by atoms with Gasteiger partial charge in [-0.05, 0) is 11.6 Å². The van der Waals surface area contributed by atoms with E-state index in [1.807, 2.05) is 0 Å². The molecule has 0 bridgehead atoms. The van der Waals surface area contributed by atoms with Gasteiger partial charge in [0.1, 0.15) is 17.5 Å². The van der Waals surface area contributed by atoms with Gasteiger partial charge >= 0.3 is 0 Å². The maximum absolute atomic E-state index is 13.5. The molecule has 0 amide bonds. The quantitative estimate of drug-likeness (QED) is 0.870. The molecule has 2 aromatic carbocycles. The van der Waals surface area contributed by atoms with E-state index in [-0.39, 0.29) is 16.5 Å². The highest BCUT2D eigenvalue weighted by molar-refractivity contribution is 6.42. The molecule has 2 aromatic rings. The first kappa shape index (κ1) is 15.2. The average Bonchev–Trinajstić information content (AvgIpc) is 2.33. The van der Waals surface area contributed by atoms with Crippen LogP contribution >= 0.6 is 23.2 Å². The molecule has 20 heavy (non-hydrogen) atoms. The summed E-state index contributed by atoms with van der Waals surface area (Å²) in [5, 5.41) is 10.4. The number of aliphatic hydroxyl groups excluding tert-OH is 1. The van der Waals surface area contributed by atoms with E-state index in [2.05, 4.69) is 0 Å². The predicted octanol–water partition coefficient (Wildman–Crippen LogP) is 4.69. The van der Waals surface area contributed by atoms with Gasteiger partial charge in [-0.2, -0.15) is 0 Å². The van der Waals surface area contributed by atoms with Gasteiger partial charge < -0.3 is 5.11 Å². The van der Waals surface area contributed by atoms with Gasteiger partial charge in [0.15, 0.2) is 0 Å². The van der Waals surface area contributed by atoms with Crippen molar-refractivity contribution < 1.29 is 18.3 Å². The van der Waals surface area contributed by atoms with Crippen LogP contribution in [0.1, 0.15) is 17.2 Å². The molecule has 1 unspecified atom stereocenters. The van der Waals surface area contributed by atoms with Gasteiger partial charge in [0.05, 0.1) is 21.7 Å². The summed E-state index contributed by atoms with van der Waals surface area (Å²) in [7, 11) is 0. The van der Waals surface area contributed by atoms with Crippen molar-refractivity contribution in [2.45, 2.75) is 12.5 Å². The molecule has 1 nitrogen and oxygen atoms in total. The van der Waals surface area contributed by atoms with E-state index in [9.17, 15) is 18.3 Å². The van der Waals surface area contributed by atoms with Crippen LogP contribution in [0.4, 0.5) is 13.2 Å². The third-order valence-electron chi connectivity index (χ3n) is 2.82. The summed E-state index contributed by atoms with van der Waals surface area (Å²) >= 11 is 11.8. The van der Waals surface area contributed by atoms with E-state index in [0.717, 1.165) is 0 Å². The lowest BCUT2D eigenvalue weighted by molar-refractivity contribution is 0.168. The van der Waals surface area contributed by atoms with Gasteiger partial charge in [0.25, 0.3) is 0 Å². The second kappa shape index (κ2) is 6.04. The number of rotatable bonds is 3. The van der Waals surface area contributed by atoms with Crippen molar-refractivity contribution in [3.8, 4) is 0 Å². The molecule has 2 rings (SSSR count). The number of halogens is 5. The van der Waals surface area contributed by atoms with Crippen molar-refractivity contribution in [3.63, 3.8) is 0 Å². The van der Waals surface area contributed by atoms with E-state index in [0.29, 0.717) is 17.7 Å². The Morgan fingerprint density at radius 2 is 1.65 bits per heavy atom. The zero-order valence-corrected chi connectivity index (χ0v) is 11.5. The molecule has 0 radical (unpaired) electrons. The molecule has 6 heteroatoms. The zero-order valence-electron chi connectivity index (χ0n) is 10.0. The first-order valence-corrected chi connectivity index (χ1v) is 6.41. The van der Waals surface area contributed by atoms with Crippen molar-refractivity contribution >= 4 is 23.2 Å². The molecule has 0 spiro atoms. The number of aliphatic hydroxyl groups is 1. The van der Waals surface area contributed by atoms with Crippen molar-refractivity contribution in [3.05, 3.63) is 69.0 Å². The number of benzene rings is 2. The Balaban J connectivity index is 2.33. The summed E-state index contributed by atoms with van der Waals surface area (Å²) < 4.78 is 39.9. The summed E-state index contributed by atoms with van der Waals surface area (Å²) in [4.78, 5) is 0. The van der Waals surface area contributed by atoms with Crippen LogP contribution in [0.2, 0.25) is 10.0 Å². The van der Waals surface area contributed by atoms with Crippen LogP contribution in [-0.4, -0.2) is 5.11 Å². The summed E-state index contributed by atoms with van der Waals surface area (Å²) in [6.45, 7) is 0. The second-order valence-electron chi connectivity index (χ2n) is 4.22. The molecule has 0 aliphatic heterocycles. The molecule has 0 saturated carbocycles. The summed E-state index contributed by atoms with van der Waals surface area (Å²) in [5.74, 6) is -3.34. The zero-order chi connectivity index (χ0) is 14.9. The highest BCUT2D eigenvalue weighted by Gasteiger charge is 2.21. The Labute approximate surface area is 123 Å². The molecule has 0 aliphatic carbocycles. The van der Waals surface area contributed by atoms with Gasteiger partial charge in [-0.3, -0.25) is 0 Å². The summed E-state index contributed by atoms with van der Waals surface area (Å²) in [6, 6.07) is 5.77. The van der Waals surface area contributed by atoms with Crippen LogP contribution in [0.5, 0.6) is 0 Å². The minimum atomic E-state index is -1.49. The lowest BCUT2D eigenvalue weighted by Crippen LogP contribution is -2.08. The molecular formula is C14H9Cl2F3O. The maximum Gasteiger partial charge on any atom is 0.134 e. The molecule has 0 heterocycles. The summed E-state index contributed by atoms with van der Waals surface area (Å²) in [5.41, 5.74) is -0.155. The van der Waals surface area contributed by atoms with E-state index >= 15 is 0 Å². The fourth-order valence-electron chi connectivity index (χ4n) is 1.89. The lowest BCUT2D eigenvalue weighted by Gasteiger charge is -2.14. The molecule has 0 aliphatic rings. The standard InChI is InChI=1S/C14H9Cl2F3O/c15-9-3-1-2-7(14(9)16)4-12(20)13-10(18)5-8(17)6-11(13)19/h1-3,5-6,12,20H,4H2. The smallest absolute Gasteiger partial charge is 0.134 e. The van der Waals surface area contributed by atoms with Crippen LogP contribution in [0.25, 0.3) is 0 Å². The van der Waals surface area contributed by atoms with Crippen LogP contribution in [0.15, 0.2) is 30.3 Å². The van der Waals surface area contributed by atoms with Crippen LogP contribution < -0.4 is 0 Å². The van der Waals surface area contributed by atoms with E-state index in [1.165, 1.54) is 0 Å². The molecule has 106 valence electrons. The van der Waals surface area contributed by atoms with Gasteiger partial charge in [0.2, 0.25) is 0 Å². The van der Waals surface area contributed by atoms with Crippen LogP contribution in [-0.2, 0) is 6.42 Å². The molecular weight excluding hydrogens is 312 g/mol. The third-order valence-corrected chi connectivity index (χ3v) is 3.68. The minimum Gasteiger partial charge on any atom is -0.388 e. The normalized spacial score (nSPS) is 12.5. The molecule has 1 atom stereocenters. The first-order valence-electron chi connectivity index (χ1n) is 5.65. The topological polar surface area (TPSA) is 20.2 Å². The minimum absolute atomic E-state index is 0.140. The lowest BCUT2D eigenvalue weighted by atomic mass is 10.0. The van der Waals surface area contributed by atoms with Crippen molar-refractivity contribution in [1.29, 1.82) is 0 Å².